The summed E-state index contributed by atoms with van der Waals surface area (Å²) in [5, 5.41) is 2.71. The Bertz CT molecular complexity index is 895. The number of hydrogen-bond acceptors (Lipinski definition) is 4. The van der Waals surface area contributed by atoms with Crippen LogP contribution < -0.4 is 15.0 Å². The topological polar surface area (TPSA) is 95.9 Å². The zero-order chi connectivity index (χ0) is 17.3. The van der Waals surface area contributed by atoms with Gasteiger partial charge in [-0.25, -0.2) is 4.79 Å². The van der Waals surface area contributed by atoms with E-state index in [1.165, 1.54) is 30.2 Å². The van der Waals surface area contributed by atoms with Crippen LogP contribution in [0.4, 0.5) is 10.5 Å². The van der Waals surface area contributed by atoms with Gasteiger partial charge in [-0.3, -0.25) is 9.45 Å². The molecule has 1 aliphatic rings. The van der Waals surface area contributed by atoms with Crippen molar-refractivity contribution in [1.82, 2.24) is 5.32 Å². The molecule has 0 spiro atoms. The first-order valence-electron chi connectivity index (χ1n) is 7.22. The first-order chi connectivity index (χ1) is 11.4. The first kappa shape index (κ1) is 16.3. The van der Waals surface area contributed by atoms with Crippen LogP contribution in [0.5, 0.6) is 5.75 Å². The molecule has 1 heterocycles. The summed E-state index contributed by atoms with van der Waals surface area (Å²) in [5.41, 5.74) is 1.65. The molecule has 0 atom stereocenters. The molecule has 8 heteroatoms. The van der Waals surface area contributed by atoms with Crippen LogP contribution in [-0.2, 0) is 10.1 Å². The van der Waals surface area contributed by atoms with Crippen LogP contribution in [0.2, 0.25) is 0 Å². The van der Waals surface area contributed by atoms with Crippen molar-refractivity contribution in [2.24, 2.45) is 0 Å². The smallest absolute Gasteiger partial charge is 0.322 e. The van der Waals surface area contributed by atoms with Gasteiger partial charge in [-0.2, -0.15) is 8.42 Å². The Labute approximate surface area is 139 Å². The predicted octanol–water partition coefficient (Wildman–Crippen LogP) is 2.14. The quantitative estimate of drug-likeness (QED) is 0.825. The van der Waals surface area contributed by atoms with Crippen LogP contribution in [0.1, 0.15) is 0 Å². The number of benzene rings is 2. The van der Waals surface area contributed by atoms with Crippen molar-refractivity contribution in [2.45, 2.75) is 4.90 Å². The number of anilines is 1. The van der Waals surface area contributed by atoms with Crippen LogP contribution in [0.15, 0.2) is 47.4 Å². The van der Waals surface area contributed by atoms with Gasteiger partial charge in [0.25, 0.3) is 10.1 Å². The Balaban J connectivity index is 2.25. The van der Waals surface area contributed by atoms with Crippen molar-refractivity contribution in [3.8, 4) is 16.9 Å². The number of ether oxygens (including phenoxy) is 1. The molecule has 0 radical (unpaired) electrons. The van der Waals surface area contributed by atoms with E-state index in [-0.39, 0.29) is 10.9 Å². The van der Waals surface area contributed by atoms with Crippen LogP contribution in [0.25, 0.3) is 11.1 Å². The van der Waals surface area contributed by atoms with Crippen LogP contribution in [0, 0.1) is 0 Å². The van der Waals surface area contributed by atoms with Gasteiger partial charge in [-0.05, 0) is 24.3 Å². The molecular formula is C16H16N2O5S. The standard InChI is InChI=1S/C16H16N2O5S/c1-23-15-5-3-2-4-12(15)13-10-11(24(20,21)22)6-7-14(13)18-9-8-17-16(18)19/h2-7,10H,8-9H2,1H3,(H,17,19)(H,20,21,22). The van der Waals surface area contributed by atoms with Gasteiger partial charge in [0.05, 0.1) is 17.7 Å². The average Bonchev–Trinajstić information content (AvgIpc) is 2.99. The number of amides is 2. The van der Waals surface area contributed by atoms with Crippen molar-refractivity contribution in [2.75, 3.05) is 25.1 Å². The molecule has 0 aromatic heterocycles. The highest BCUT2D eigenvalue weighted by Crippen LogP contribution is 2.38. The van der Waals surface area contributed by atoms with Gasteiger partial charge >= 0.3 is 6.03 Å². The first-order valence-corrected chi connectivity index (χ1v) is 8.66. The summed E-state index contributed by atoms with van der Waals surface area (Å²) in [4.78, 5) is 13.3. The van der Waals surface area contributed by atoms with E-state index in [4.69, 9.17) is 4.74 Å². The molecule has 7 nitrogen and oxygen atoms in total. The molecule has 1 saturated heterocycles. The third-order valence-electron chi connectivity index (χ3n) is 3.81. The molecule has 126 valence electrons. The van der Waals surface area contributed by atoms with E-state index >= 15 is 0 Å². The SMILES string of the molecule is COc1ccccc1-c1cc(S(=O)(=O)O)ccc1N1CCNC1=O. The molecule has 3 rings (SSSR count). The predicted molar refractivity (Wildman–Crippen MR) is 89.0 cm³/mol. The molecule has 0 unspecified atom stereocenters. The zero-order valence-electron chi connectivity index (χ0n) is 12.9. The summed E-state index contributed by atoms with van der Waals surface area (Å²) < 4.78 is 37.7. The van der Waals surface area contributed by atoms with Gasteiger partial charge in [0.15, 0.2) is 0 Å². The highest BCUT2D eigenvalue weighted by atomic mass is 32.2. The van der Waals surface area contributed by atoms with Gasteiger partial charge in [-0.1, -0.05) is 18.2 Å². The van der Waals surface area contributed by atoms with Crippen molar-refractivity contribution < 1.29 is 22.5 Å². The Hall–Kier alpha value is -2.58. The maximum Gasteiger partial charge on any atom is 0.322 e. The number of carbonyl (C=O) groups excluding carboxylic acids is 1. The minimum atomic E-state index is -4.37. The minimum Gasteiger partial charge on any atom is -0.496 e. The van der Waals surface area contributed by atoms with Gasteiger partial charge in [0, 0.05) is 24.2 Å². The van der Waals surface area contributed by atoms with Crippen molar-refractivity contribution in [3.63, 3.8) is 0 Å². The molecule has 2 N–H and O–H groups in total. The van der Waals surface area contributed by atoms with E-state index in [0.717, 1.165) is 0 Å². The van der Waals surface area contributed by atoms with E-state index in [0.29, 0.717) is 35.7 Å². The number of nitrogens with one attached hydrogen (secondary N) is 1. The van der Waals surface area contributed by atoms with E-state index < -0.39 is 10.1 Å². The van der Waals surface area contributed by atoms with Crippen molar-refractivity contribution >= 4 is 21.8 Å². The molecule has 2 amide bonds. The van der Waals surface area contributed by atoms with E-state index in [1.54, 1.807) is 24.3 Å². The van der Waals surface area contributed by atoms with E-state index in [9.17, 15) is 17.8 Å². The fourth-order valence-electron chi connectivity index (χ4n) is 2.70. The number of rotatable bonds is 4. The van der Waals surface area contributed by atoms with Crippen molar-refractivity contribution in [1.29, 1.82) is 0 Å². The summed E-state index contributed by atoms with van der Waals surface area (Å²) in [6.45, 7) is 0.969. The number of carbonyl (C=O) groups is 1. The molecule has 0 aliphatic carbocycles. The maximum atomic E-state index is 12.0. The summed E-state index contributed by atoms with van der Waals surface area (Å²) in [5.74, 6) is 0.533. The molecule has 0 bridgehead atoms. The summed E-state index contributed by atoms with van der Waals surface area (Å²) >= 11 is 0. The number of nitrogens with zero attached hydrogens (tertiary/aromatic N) is 1. The maximum absolute atomic E-state index is 12.0. The van der Waals surface area contributed by atoms with E-state index in [1.807, 2.05) is 0 Å². The second kappa shape index (κ2) is 6.14. The summed E-state index contributed by atoms with van der Waals surface area (Å²) in [6, 6.07) is 10.9. The molecule has 1 aliphatic heterocycles. The molecule has 0 saturated carbocycles. The molecule has 2 aromatic carbocycles. The van der Waals surface area contributed by atoms with Gasteiger partial charge in [-0.15, -0.1) is 0 Å². The third kappa shape index (κ3) is 2.93. The molecular weight excluding hydrogens is 332 g/mol. The summed E-state index contributed by atoms with van der Waals surface area (Å²) in [6.07, 6.45) is 0. The molecule has 1 fully saturated rings. The van der Waals surface area contributed by atoms with Gasteiger partial charge in [0.2, 0.25) is 0 Å². The lowest BCUT2D eigenvalue weighted by Gasteiger charge is -2.20. The molecule has 24 heavy (non-hydrogen) atoms. The minimum absolute atomic E-state index is 0.244. The van der Waals surface area contributed by atoms with Crippen LogP contribution in [0.3, 0.4) is 0 Å². The fourth-order valence-corrected chi connectivity index (χ4v) is 3.20. The normalized spacial score (nSPS) is 14.6. The van der Waals surface area contributed by atoms with Crippen LogP contribution >= 0.6 is 0 Å². The fraction of sp³-hybridized carbons (Fsp3) is 0.188. The molecule has 2 aromatic rings. The number of hydrogen-bond donors (Lipinski definition) is 2. The highest BCUT2D eigenvalue weighted by Gasteiger charge is 2.26. The lowest BCUT2D eigenvalue weighted by Crippen LogP contribution is -2.28. The second-order valence-electron chi connectivity index (χ2n) is 5.24. The lowest BCUT2D eigenvalue weighted by molar-refractivity contribution is 0.252. The average molecular weight is 348 g/mol. The van der Waals surface area contributed by atoms with Crippen LogP contribution in [-0.4, -0.2) is 39.2 Å². The van der Waals surface area contributed by atoms with Gasteiger partial charge in [0.1, 0.15) is 5.75 Å². The summed E-state index contributed by atoms with van der Waals surface area (Å²) in [7, 11) is -2.86. The number of methoxy groups -OCH3 is 1. The Morgan fingerprint density at radius 3 is 2.54 bits per heavy atom. The third-order valence-corrected chi connectivity index (χ3v) is 4.66. The number of para-hydroxylation sites is 1. The van der Waals surface area contributed by atoms with Gasteiger partial charge < -0.3 is 10.1 Å². The Kier molecular flexibility index (Phi) is 4.16. The zero-order valence-corrected chi connectivity index (χ0v) is 13.7. The lowest BCUT2D eigenvalue weighted by atomic mass is 10.0. The Morgan fingerprint density at radius 2 is 1.92 bits per heavy atom. The Morgan fingerprint density at radius 1 is 1.17 bits per heavy atom. The number of urea groups is 1. The van der Waals surface area contributed by atoms with E-state index in [2.05, 4.69) is 5.32 Å². The monoisotopic (exact) mass is 348 g/mol. The largest absolute Gasteiger partial charge is 0.496 e. The van der Waals surface area contributed by atoms with Crippen molar-refractivity contribution in [3.05, 3.63) is 42.5 Å². The highest BCUT2D eigenvalue weighted by molar-refractivity contribution is 7.85. The second-order valence-corrected chi connectivity index (χ2v) is 6.66.